The quantitative estimate of drug-likeness (QED) is 0.262. The molecule has 0 fully saturated rings. The fourth-order valence-electron chi connectivity index (χ4n) is 3.42. The predicted octanol–water partition coefficient (Wildman–Crippen LogP) is 6.50. The summed E-state index contributed by atoms with van der Waals surface area (Å²) in [7, 11) is 1.72. The summed E-state index contributed by atoms with van der Waals surface area (Å²) in [4.78, 5) is 0. The Labute approximate surface area is 193 Å². The average Bonchev–Trinajstić information content (AvgIpc) is 2.84. The predicted molar refractivity (Wildman–Crippen MR) is 129 cm³/mol. The first-order chi connectivity index (χ1) is 16.1. The van der Waals surface area contributed by atoms with Crippen LogP contribution in [0.3, 0.4) is 0 Å². The van der Waals surface area contributed by atoms with Crippen molar-refractivity contribution in [3.63, 3.8) is 0 Å². The maximum absolute atomic E-state index is 13.5. The first kappa shape index (κ1) is 22.3. The summed E-state index contributed by atoms with van der Waals surface area (Å²) in [5.74, 6) is 10.8. The van der Waals surface area contributed by atoms with Gasteiger partial charge in [-0.3, -0.25) is 0 Å². The van der Waals surface area contributed by atoms with Crippen LogP contribution in [0.25, 0.3) is 10.8 Å². The van der Waals surface area contributed by atoms with Gasteiger partial charge in [0.15, 0.2) is 11.6 Å². The zero-order chi connectivity index (χ0) is 23.0. The van der Waals surface area contributed by atoms with Crippen LogP contribution >= 0.6 is 0 Å². The van der Waals surface area contributed by atoms with Crippen molar-refractivity contribution in [2.45, 2.75) is 12.8 Å². The molecule has 0 spiro atoms. The third-order valence-corrected chi connectivity index (χ3v) is 5.23. The molecule has 0 atom stereocenters. The van der Waals surface area contributed by atoms with E-state index < -0.39 is 11.6 Å². The Bertz CT molecular complexity index is 1380. The fraction of sp³-hybridized carbons (Fsp3) is 0.133. The van der Waals surface area contributed by atoms with Gasteiger partial charge in [-0.05, 0) is 89.8 Å². The zero-order valence-corrected chi connectivity index (χ0v) is 18.3. The van der Waals surface area contributed by atoms with Crippen LogP contribution in [0.15, 0.2) is 78.9 Å². The smallest absolute Gasteiger partial charge is 0.159 e. The number of methoxy groups -OCH3 is 1. The number of hydrogen-bond acceptors (Lipinski definition) is 1. The van der Waals surface area contributed by atoms with E-state index in [9.17, 15) is 8.78 Å². The molecule has 0 aliphatic carbocycles. The standard InChI is InChI=1S/C30H22F2O/c1-33-18-2-3-22-4-6-23(7-5-22)8-9-24-10-12-25(13-11-24)14-15-26-16-17-27-20-29(31)30(32)21-28(27)19-26/h4-7,10-13,16-17,19-21H,2-3,18H2,1H3. The van der Waals surface area contributed by atoms with Crippen LogP contribution in [0, 0.1) is 35.3 Å². The largest absolute Gasteiger partial charge is 0.385 e. The second-order valence-electron chi connectivity index (χ2n) is 7.70. The van der Waals surface area contributed by atoms with Crippen molar-refractivity contribution < 1.29 is 13.5 Å². The Hall–Kier alpha value is -3.92. The van der Waals surface area contributed by atoms with Gasteiger partial charge in [0, 0.05) is 36.0 Å². The Kier molecular flexibility index (Phi) is 7.16. The van der Waals surface area contributed by atoms with Crippen LogP contribution in [0.5, 0.6) is 0 Å². The summed E-state index contributed by atoms with van der Waals surface area (Å²) in [6, 6.07) is 23.7. The minimum Gasteiger partial charge on any atom is -0.385 e. The van der Waals surface area contributed by atoms with E-state index in [0.29, 0.717) is 10.8 Å². The van der Waals surface area contributed by atoms with Crippen molar-refractivity contribution in [2.24, 2.45) is 0 Å². The van der Waals surface area contributed by atoms with Gasteiger partial charge in [-0.2, -0.15) is 0 Å². The van der Waals surface area contributed by atoms with E-state index in [0.717, 1.165) is 41.7 Å². The number of aryl methyl sites for hydroxylation is 1. The molecule has 0 aromatic heterocycles. The molecule has 0 aliphatic rings. The third-order valence-electron chi connectivity index (χ3n) is 5.23. The summed E-state index contributed by atoms with van der Waals surface area (Å²) < 4.78 is 31.9. The first-order valence-electron chi connectivity index (χ1n) is 10.7. The molecular weight excluding hydrogens is 414 g/mol. The number of halogens is 2. The molecule has 4 aromatic carbocycles. The number of rotatable bonds is 4. The van der Waals surface area contributed by atoms with Crippen LogP contribution in [-0.2, 0) is 11.2 Å². The van der Waals surface area contributed by atoms with Crippen molar-refractivity contribution in [1.82, 2.24) is 0 Å². The number of benzene rings is 4. The highest BCUT2D eigenvalue weighted by molar-refractivity contribution is 5.84. The zero-order valence-electron chi connectivity index (χ0n) is 18.3. The molecular formula is C30H22F2O. The summed E-state index contributed by atoms with van der Waals surface area (Å²) in [6.07, 6.45) is 2.01. The van der Waals surface area contributed by atoms with Crippen molar-refractivity contribution in [1.29, 1.82) is 0 Å². The molecule has 3 heteroatoms. The van der Waals surface area contributed by atoms with Crippen molar-refractivity contribution in [3.8, 4) is 23.7 Å². The van der Waals surface area contributed by atoms with Gasteiger partial charge >= 0.3 is 0 Å². The normalized spacial score (nSPS) is 10.3. The van der Waals surface area contributed by atoms with Crippen LogP contribution in [0.4, 0.5) is 8.78 Å². The maximum atomic E-state index is 13.5. The maximum Gasteiger partial charge on any atom is 0.159 e. The van der Waals surface area contributed by atoms with Gasteiger partial charge in [0.25, 0.3) is 0 Å². The van der Waals surface area contributed by atoms with E-state index in [2.05, 4.69) is 35.8 Å². The monoisotopic (exact) mass is 436 g/mol. The van der Waals surface area contributed by atoms with Gasteiger partial charge in [-0.25, -0.2) is 8.78 Å². The van der Waals surface area contributed by atoms with Gasteiger partial charge < -0.3 is 4.74 Å². The molecule has 1 nitrogen and oxygen atoms in total. The van der Waals surface area contributed by atoms with E-state index in [1.165, 1.54) is 17.7 Å². The fourth-order valence-corrected chi connectivity index (χ4v) is 3.42. The lowest BCUT2D eigenvalue weighted by Gasteiger charge is -2.00. The molecule has 162 valence electrons. The summed E-state index contributed by atoms with van der Waals surface area (Å²) in [5.41, 5.74) is 4.76. The third kappa shape index (κ3) is 6.07. The molecule has 0 saturated carbocycles. The van der Waals surface area contributed by atoms with Crippen molar-refractivity contribution in [2.75, 3.05) is 13.7 Å². The van der Waals surface area contributed by atoms with Gasteiger partial charge in [0.1, 0.15) is 0 Å². The van der Waals surface area contributed by atoms with E-state index in [4.69, 9.17) is 4.74 Å². The minimum absolute atomic E-state index is 0.620. The Balaban J connectivity index is 1.42. The lowest BCUT2D eigenvalue weighted by atomic mass is 10.1. The SMILES string of the molecule is COCCCc1ccc(C#Cc2ccc(C#Cc3ccc4cc(F)c(F)cc4c3)cc2)cc1. The molecule has 0 amide bonds. The van der Waals surface area contributed by atoms with E-state index in [1.807, 2.05) is 36.4 Å². The molecule has 0 radical (unpaired) electrons. The van der Waals surface area contributed by atoms with Crippen LogP contribution in [0.2, 0.25) is 0 Å². The van der Waals surface area contributed by atoms with E-state index >= 15 is 0 Å². The molecule has 4 rings (SSSR count). The van der Waals surface area contributed by atoms with Crippen molar-refractivity contribution >= 4 is 10.8 Å². The second-order valence-corrected chi connectivity index (χ2v) is 7.70. The summed E-state index contributed by atoms with van der Waals surface area (Å²) in [6.45, 7) is 0.769. The number of hydrogen-bond donors (Lipinski definition) is 0. The average molecular weight is 437 g/mol. The molecule has 0 N–H and O–H groups in total. The molecule has 4 aromatic rings. The summed E-state index contributed by atoms with van der Waals surface area (Å²) in [5, 5.41) is 1.26. The van der Waals surface area contributed by atoms with E-state index in [1.54, 1.807) is 25.3 Å². The Morgan fingerprint density at radius 2 is 1.09 bits per heavy atom. The second kappa shape index (κ2) is 10.6. The molecule has 33 heavy (non-hydrogen) atoms. The van der Waals surface area contributed by atoms with Gasteiger partial charge in [-0.15, -0.1) is 0 Å². The Morgan fingerprint density at radius 1 is 0.606 bits per heavy atom. The van der Waals surface area contributed by atoms with Crippen molar-refractivity contribution in [3.05, 3.63) is 118 Å². The van der Waals surface area contributed by atoms with Crippen LogP contribution in [0.1, 0.15) is 34.2 Å². The van der Waals surface area contributed by atoms with Crippen LogP contribution in [-0.4, -0.2) is 13.7 Å². The molecule has 0 unspecified atom stereocenters. The van der Waals surface area contributed by atoms with Gasteiger partial charge in [0.2, 0.25) is 0 Å². The first-order valence-corrected chi connectivity index (χ1v) is 10.7. The molecule has 0 bridgehead atoms. The van der Waals surface area contributed by atoms with Gasteiger partial charge in [0.05, 0.1) is 0 Å². The molecule has 0 aliphatic heterocycles. The lowest BCUT2D eigenvalue weighted by Crippen LogP contribution is -1.92. The molecule has 0 heterocycles. The highest BCUT2D eigenvalue weighted by Gasteiger charge is 2.04. The highest BCUT2D eigenvalue weighted by atomic mass is 19.2. The topological polar surface area (TPSA) is 9.23 Å². The van der Waals surface area contributed by atoms with Gasteiger partial charge in [-0.1, -0.05) is 41.9 Å². The number of ether oxygens (including phenoxy) is 1. The minimum atomic E-state index is -0.859. The number of fused-ring (bicyclic) bond motifs is 1. The lowest BCUT2D eigenvalue weighted by molar-refractivity contribution is 0.195. The van der Waals surface area contributed by atoms with E-state index in [-0.39, 0.29) is 0 Å². The molecule has 0 saturated heterocycles. The Morgan fingerprint density at radius 3 is 1.67 bits per heavy atom. The highest BCUT2D eigenvalue weighted by Crippen LogP contribution is 2.19. The summed E-state index contributed by atoms with van der Waals surface area (Å²) >= 11 is 0. The van der Waals surface area contributed by atoms with Crippen LogP contribution < -0.4 is 0 Å².